The molecule has 0 bridgehead atoms. The maximum absolute atomic E-state index is 13.2. The number of methoxy groups -OCH3 is 1. The number of rotatable bonds is 7. The number of nitrogens with zero attached hydrogens (tertiary/aromatic N) is 2. The van der Waals surface area contributed by atoms with E-state index in [4.69, 9.17) is 27.9 Å². The molecule has 1 aliphatic heterocycles. The number of hydrogen-bond donors (Lipinski definition) is 1. The van der Waals surface area contributed by atoms with Crippen LogP contribution in [-0.2, 0) is 20.7 Å². The van der Waals surface area contributed by atoms with Gasteiger partial charge in [0.1, 0.15) is 5.25 Å². The minimum atomic E-state index is -0.675. The number of aliphatic imine (C=N–C) groups is 1. The number of carbonyl (C=O) groups is 3. The third-order valence-corrected chi connectivity index (χ3v) is 7.29. The molecule has 1 unspecified atom stereocenters. The first-order chi connectivity index (χ1) is 17.8. The molecule has 1 fully saturated rings. The molecule has 1 N–H and O–H groups in total. The summed E-state index contributed by atoms with van der Waals surface area (Å²) in [6.45, 7) is 0.406. The van der Waals surface area contributed by atoms with Crippen LogP contribution in [0.3, 0.4) is 0 Å². The number of anilines is 1. The van der Waals surface area contributed by atoms with Crippen molar-refractivity contribution < 1.29 is 19.1 Å². The molecule has 3 aromatic carbocycles. The molecule has 3 aromatic rings. The zero-order chi connectivity index (χ0) is 26.4. The van der Waals surface area contributed by atoms with Crippen LogP contribution in [0.15, 0.2) is 77.8 Å². The monoisotopic (exact) mass is 555 g/mol. The van der Waals surface area contributed by atoms with Crippen LogP contribution in [0.25, 0.3) is 0 Å². The summed E-state index contributed by atoms with van der Waals surface area (Å²) in [5.74, 6) is -0.986. The summed E-state index contributed by atoms with van der Waals surface area (Å²) >= 11 is 13.2. The van der Waals surface area contributed by atoms with Crippen LogP contribution in [0.2, 0.25) is 10.0 Å². The lowest BCUT2D eigenvalue weighted by molar-refractivity contribution is -0.129. The first-order valence-corrected chi connectivity index (χ1v) is 13.0. The highest BCUT2D eigenvalue weighted by molar-refractivity contribution is 8.15. The van der Waals surface area contributed by atoms with Gasteiger partial charge in [0.15, 0.2) is 5.17 Å². The molecule has 0 radical (unpaired) electrons. The lowest BCUT2D eigenvalue weighted by Crippen LogP contribution is -2.46. The van der Waals surface area contributed by atoms with Crippen molar-refractivity contribution in [1.29, 1.82) is 0 Å². The molecule has 190 valence electrons. The lowest BCUT2D eigenvalue weighted by atomic mass is 10.1. The predicted molar refractivity (Wildman–Crippen MR) is 148 cm³/mol. The molecule has 2 amide bonds. The first kappa shape index (κ1) is 26.7. The Morgan fingerprint density at radius 1 is 1.00 bits per heavy atom. The third kappa shape index (κ3) is 7.13. The van der Waals surface area contributed by atoms with E-state index in [0.29, 0.717) is 45.1 Å². The highest BCUT2D eigenvalue weighted by Crippen LogP contribution is 2.30. The molecule has 4 rings (SSSR count). The third-order valence-electron chi connectivity index (χ3n) is 5.59. The van der Waals surface area contributed by atoms with Crippen LogP contribution in [0.1, 0.15) is 22.3 Å². The predicted octanol–water partition coefficient (Wildman–Crippen LogP) is 5.98. The lowest BCUT2D eigenvalue weighted by Gasteiger charge is -2.32. The van der Waals surface area contributed by atoms with Crippen molar-refractivity contribution in [2.75, 3.05) is 19.0 Å². The molecule has 0 aromatic heterocycles. The number of esters is 1. The molecule has 1 saturated heterocycles. The number of halogens is 2. The highest BCUT2D eigenvalue weighted by Gasteiger charge is 2.35. The van der Waals surface area contributed by atoms with Crippen LogP contribution >= 0.6 is 35.0 Å². The number of amides is 2. The fourth-order valence-corrected chi connectivity index (χ4v) is 4.99. The van der Waals surface area contributed by atoms with Gasteiger partial charge in [-0.2, -0.15) is 0 Å². The Hall–Kier alpha value is -3.33. The molecule has 10 heteroatoms. The van der Waals surface area contributed by atoms with Crippen LogP contribution in [0, 0.1) is 0 Å². The standard InChI is InChI=1S/C27H23Cl2N3O4S/c1-36-26(35)18-4-10-21(11-5-18)30-25(34)23-16-24(33)32(15-14-17-2-6-19(28)7-3-17)27(37-23)31-22-12-8-20(29)9-13-22/h2-13,23H,14-16H2,1H3,(H,30,34). The van der Waals surface area contributed by atoms with E-state index in [-0.39, 0.29) is 18.2 Å². The Morgan fingerprint density at radius 3 is 2.24 bits per heavy atom. The Labute approximate surface area is 228 Å². The number of thioether (sulfide) groups is 1. The summed E-state index contributed by atoms with van der Waals surface area (Å²) < 4.78 is 4.70. The fourth-order valence-electron chi connectivity index (χ4n) is 3.61. The van der Waals surface area contributed by atoms with E-state index in [1.807, 2.05) is 24.3 Å². The van der Waals surface area contributed by atoms with E-state index in [1.165, 1.54) is 18.9 Å². The van der Waals surface area contributed by atoms with Crippen molar-refractivity contribution in [3.63, 3.8) is 0 Å². The number of hydrogen-bond acceptors (Lipinski definition) is 6. The molecular formula is C27H23Cl2N3O4S. The second kappa shape index (κ2) is 12.3. The maximum Gasteiger partial charge on any atom is 0.337 e. The van der Waals surface area contributed by atoms with Crippen LogP contribution < -0.4 is 5.32 Å². The summed E-state index contributed by atoms with van der Waals surface area (Å²) in [7, 11) is 1.30. The number of benzene rings is 3. The Bertz CT molecular complexity index is 1310. The van der Waals surface area contributed by atoms with Crippen molar-refractivity contribution in [2.45, 2.75) is 18.1 Å². The minimum Gasteiger partial charge on any atom is -0.465 e. The Kier molecular flexibility index (Phi) is 8.87. The quantitative estimate of drug-likeness (QED) is 0.362. The zero-order valence-electron chi connectivity index (χ0n) is 19.8. The summed E-state index contributed by atoms with van der Waals surface area (Å²) in [5.41, 5.74) is 2.53. The van der Waals surface area contributed by atoms with Gasteiger partial charge in [-0.05, 0) is 72.6 Å². The van der Waals surface area contributed by atoms with Crippen molar-refractivity contribution in [2.24, 2.45) is 4.99 Å². The van der Waals surface area contributed by atoms with Crippen LogP contribution in [0.5, 0.6) is 0 Å². The van der Waals surface area contributed by atoms with E-state index < -0.39 is 11.2 Å². The number of nitrogens with one attached hydrogen (secondary N) is 1. The highest BCUT2D eigenvalue weighted by atomic mass is 35.5. The average Bonchev–Trinajstić information content (AvgIpc) is 2.90. The SMILES string of the molecule is COC(=O)c1ccc(NC(=O)C2CC(=O)N(CCc3ccc(Cl)cc3)C(=Nc3ccc(Cl)cc3)S2)cc1. The fraction of sp³-hybridized carbons (Fsp3) is 0.185. The van der Waals surface area contributed by atoms with Crippen molar-refractivity contribution >= 4 is 69.3 Å². The molecule has 37 heavy (non-hydrogen) atoms. The van der Waals surface area contributed by atoms with E-state index in [9.17, 15) is 14.4 Å². The van der Waals surface area contributed by atoms with E-state index in [0.717, 1.165) is 5.56 Å². The topological polar surface area (TPSA) is 88.1 Å². The Morgan fingerprint density at radius 2 is 1.62 bits per heavy atom. The molecule has 1 heterocycles. The molecule has 0 spiro atoms. The van der Waals surface area contributed by atoms with Gasteiger partial charge < -0.3 is 10.1 Å². The average molecular weight is 556 g/mol. The van der Waals surface area contributed by atoms with Gasteiger partial charge in [-0.3, -0.25) is 14.5 Å². The maximum atomic E-state index is 13.2. The van der Waals surface area contributed by atoms with Crippen LogP contribution in [0.4, 0.5) is 11.4 Å². The summed E-state index contributed by atoms with van der Waals surface area (Å²) in [4.78, 5) is 44.2. The van der Waals surface area contributed by atoms with Crippen molar-refractivity contribution in [1.82, 2.24) is 4.90 Å². The van der Waals surface area contributed by atoms with Gasteiger partial charge in [0.2, 0.25) is 11.8 Å². The molecule has 0 aliphatic carbocycles. The normalized spacial score (nSPS) is 16.5. The second-order valence-corrected chi connectivity index (χ2v) is 10.2. The molecule has 0 saturated carbocycles. The van der Waals surface area contributed by atoms with Crippen LogP contribution in [-0.4, -0.2) is 46.8 Å². The minimum absolute atomic E-state index is 0.0248. The molecule has 7 nitrogen and oxygen atoms in total. The molecule has 1 atom stereocenters. The summed E-state index contributed by atoms with van der Waals surface area (Å²) in [5, 5.41) is 3.80. The number of ether oxygens (including phenoxy) is 1. The van der Waals surface area contributed by atoms with Gasteiger partial charge in [-0.25, -0.2) is 9.79 Å². The Balaban J connectivity index is 1.51. The zero-order valence-corrected chi connectivity index (χ0v) is 22.1. The largest absolute Gasteiger partial charge is 0.465 e. The van der Waals surface area contributed by atoms with Crippen molar-refractivity contribution in [3.05, 3.63) is 94.0 Å². The molecule has 1 aliphatic rings. The van der Waals surface area contributed by atoms with Gasteiger partial charge in [-0.15, -0.1) is 0 Å². The summed E-state index contributed by atoms with van der Waals surface area (Å²) in [6, 6.07) is 20.8. The van der Waals surface area contributed by atoms with E-state index in [1.54, 1.807) is 53.4 Å². The van der Waals surface area contributed by atoms with Gasteiger partial charge in [0.25, 0.3) is 0 Å². The van der Waals surface area contributed by atoms with Gasteiger partial charge >= 0.3 is 5.97 Å². The number of amidine groups is 1. The van der Waals surface area contributed by atoms with Gasteiger partial charge in [-0.1, -0.05) is 47.1 Å². The van der Waals surface area contributed by atoms with Gasteiger partial charge in [0.05, 0.1) is 18.4 Å². The van der Waals surface area contributed by atoms with E-state index in [2.05, 4.69) is 10.3 Å². The first-order valence-electron chi connectivity index (χ1n) is 11.4. The van der Waals surface area contributed by atoms with Crippen molar-refractivity contribution in [3.8, 4) is 0 Å². The smallest absolute Gasteiger partial charge is 0.337 e. The van der Waals surface area contributed by atoms with E-state index >= 15 is 0 Å². The second-order valence-electron chi connectivity index (χ2n) is 8.16. The van der Waals surface area contributed by atoms with Gasteiger partial charge in [0, 0.05) is 28.7 Å². The summed E-state index contributed by atoms with van der Waals surface area (Å²) in [6.07, 6.45) is 0.628. The molecular weight excluding hydrogens is 533 g/mol. The number of carbonyl (C=O) groups excluding carboxylic acids is 3.